The molecule has 5 aromatic rings. The van der Waals surface area contributed by atoms with E-state index in [0.29, 0.717) is 0 Å². The molecule has 0 N–H and O–H groups in total. The molecule has 1 aliphatic carbocycles. The van der Waals surface area contributed by atoms with Crippen molar-refractivity contribution in [3.63, 3.8) is 0 Å². The lowest BCUT2D eigenvalue weighted by Crippen LogP contribution is -2.14. The van der Waals surface area contributed by atoms with Gasteiger partial charge < -0.3 is 0 Å². The molecule has 32 heavy (non-hydrogen) atoms. The predicted octanol–water partition coefficient (Wildman–Crippen LogP) is 8.18. The molecule has 1 heterocycles. The third-order valence-electron chi connectivity index (χ3n) is 6.91. The standard InChI is InChI=1S/C31H25N/c1-20-10-9-13-22(16-20)24-18-29(21-11-5-4-6-12-21)32-30-19-28-25(17-26(24)30)23-14-7-8-15-27(23)31(28,2)3/h4-19H,1-3H3. The lowest BCUT2D eigenvalue weighted by atomic mass is 9.82. The van der Waals surface area contributed by atoms with E-state index in [2.05, 4.69) is 118 Å². The van der Waals surface area contributed by atoms with Crippen molar-refractivity contribution in [1.82, 2.24) is 4.98 Å². The zero-order chi connectivity index (χ0) is 21.9. The van der Waals surface area contributed by atoms with Crippen molar-refractivity contribution in [2.24, 2.45) is 0 Å². The molecular formula is C31H25N. The second-order valence-corrected chi connectivity index (χ2v) is 9.38. The maximum atomic E-state index is 5.16. The van der Waals surface area contributed by atoms with Crippen molar-refractivity contribution >= 4 is 10.9 Å². The van der Waals surface area contributed by atoms with E-state index in [1.54, 1.807) is 0 Å². The molecule has 1 heteroatoms. The Kier molecular flexibility index (Phi) is 4.10. The molecule has 0 saturated heterocycles. The van der Waals surface area contributed by atoms with Crippen LogP contribution in [0.4, 0.5) is 0 Å². The fourth-order valence-corrected chi connectivity index (χ4v) is 5.23. The molecule has 154 valence electrons. The van der Waals surface area contributed by atoms with Crippen molar-refractivity contribution in [2.75, 3.05) is 0 Å². The van der Waals surface area contributed by atoms with Crippen molar-refractivity contribution in [2.45, 2.75) is 26.2 Å². The number of aryl methyl sites for hydroxylation is 1. The molecule has 0 amide bonds. The summed E-state index contributed by atoms with van der Waals surface area (Å²) in [6.45, 7) is 6.81. The van der Waals surface area contributed by atoms with Crippen molar-refractivity contribution < 1.29 is 0 Å². The maximum absolute atomic E-state index is 5.16. The molecule has 4 aromatic carbocycles. The number of pyridine rings is 1. The third kappa shape index (κ3) is 2.81. The van der Waals surface area contributed by atoms with Crippen LogP contribution in [0.5, 0.6) is 0 Å². The first kappa shape index (κ1) is 19.0. The molecule has 0 unspecified atom stereocenters. The fraction of sp³-hybridized carbons (Fsp3) is 0.129. The fourth-order valence-electron chi connectivity index (χ4n) is 5.23. The Labute approximate surface area is 189 Å². The number of benzene rings is 4. The smallest absolute Gasteiger partial charge is 0.0719 e. The van der Waals surface area contributed by atoms with Crippen LogP contribution in [-0.2, 0) is 5.41 Å². The van der Waals surface area contributed by atoms with Gasteiger partial charge in [-0.1, -0.05) is 98.3 Å². The second-order valence-electron chi connectivity index (χ2n) is 9.38. The van der Waals surface area contributed by atoms with Gasteiger partial charge in [-0.15, -0.1) is 0 Å². The molecule has 0 atom stereocenters. The van der Waals surface area contributed by atoms with Gasteiger partial charge in [0, 0.05) is 16.4 Å². The van der Waals surface area contributed by atoms with E-state index in [1.807, 2.05) is 0 Å². The quantitative estimate of drug-likeness (QED) is 0.285. The average Bonchev–Trinajstić information content (AvgIpc) is 3.04. The number of fused-ring (bicyclic) bond motifs is 4. The predicted molar refractivity (Wildman–Crippen MR) is 135 cm³/mol. The number of rotatable bonds is 2. The van der Waals surface area contributed by atoms with Crippen LogP contribution in [0, 0.1) is 6.92 Å². The SMILES string of the molecule is Cc1cccc(-c2cc(-c3ccccc3)nc3cc4c(cc23)-c2ccccc2C4(C)C)c1. The van der Waals surface area contributed by atoms with Crippen LogP contribution in [0.15, 0.2) is 97.1 Å². The molecule has 1 nitrogen and oxygen atoms in total. The summed E-state index contributed by atoms with van der Waals surface area (Å²) < 4.78 is 0. The van der Waals surface area contributed by atoms with Crippen LogP contribution in [-0.4, -0.2) is 4.98 Å². The molecule has 1 aliphatic rings. The lowest BCUT2D eigenvalue weighted by molar-refractivity contribution is 0.661. The largest absolute Gasteiger partial charge is 0.248 e. The number of hydrogen-bond acceptors (Lipinski definition) is 1. The van der Waals surface area contributed by atoms with Crippen LogP contribution in [0.3, 0.4) is 0 Å². The van der Waals surface area contributed by atoms with Gasteiger partial charge in [0.2, 0.25) is 0 Å². The van der Waals surface area contributed by atoms with Crippen LogP contribution in [0.1, 0.15) is 30.5 Å². The van der Waals surface area contributed by atoms with E-state index in [9.17, 15) is 0 Å². The van der Waals surface area contributed by atoms with E-state index >= 15 is 0 Å². The van der Waals surface area contributed by atoms with E-state index in [-0.39, 0.29) is 5.41 Å². The van der Waals surface area contributed by atoms with Gasteiger partial charge in [-0.3, -0.25) is 0 Å². The average molecular weight is 412 g/mol. The highest BCUT2D eigenvalue weighted by Crippen LogP contribution is 2.50. The first-order valence-electron chi connectivity index (χ1n) is 11.2. The minimum Gasteiger partial charge on any atom is -0.248 e. The van der Waals surface area contributed by atoms with Gasteiger partial charge in [0.25, 0.3) is 0 Å². The van der Waals surface area contributed by atoms with E-state index < -0.39 is 0 Å². The second kappa shape index (κ2) is 6.90. The summed E-state index contributed by atoms with van der Waals surface area (Å²) in [6.07, 6.45) is 0. The van der Waals surface area contributed by atoms with E-state index in [4.69, 9.17) is 4.98 Å². The molecule has 6 rings (SSSR count). The molecule has 0 spiro atoms. The van der Waals surface area contributed by atoms with Crippen LogP contribution in [0.25, 0.3) is 44.4 Å². The Hall–Kier alpha value is -3.71. The number of aromatic nitrogens is 1. The molecule has 0 radical (unpaired) electrons. The molecule has 1 aromatic heterocycles. The summed E-state index contributed by atoms with van der Waals surface area (Å²) in [4.78, 5) is 5.16. The number of hydrogen-bond donors (Lipinski definition) is 0. The van der Waals surface area contributed by atoms with Gasteiger partial charge in [0.1, 0.15) is 0 Å². The van der Waals surface area contributed by atoms with Crippen molar-refractivity contribution in [1.29, 1.82) is 0 Å². The van der Waals surface area contributed by atoms with Crippen molar-refractivity contribution in [3.8, 4) is 33.5 Å². The maximum Gasteiger partial charge on any atom is 0.0719 e. The van der Waals surface area contributed by atoms with Gasteiger partial charge in [-0.2, -0.15) is 0 Å². The first-order chi connectivity index (χ1) is 15.5. The van der Waals surface area contributed by atoms with Gasteiger partial charge in [0.05, 0.1) is 11.2 Å². The Balaban J connectivity index is 1.70. The highest BCUT2D eigenvalue weighted by atomic mass is 14.7. The summed E-state index contributed by atoms with van der Waals surface area (Å²) in [6, 6.07) is 35.1. The van der Waals surface area contributed by atoms with Gasteiger partial charge in [-0.25, -0.2) is 4.98 Å². The molecule has 0 saturated carbocycles. The molecule has 0 bridgehead atoms. The first-order valence-corrected chi connectivity index (χ1v) is 11.2. The summed E-state index contributed by atoms with van der Waals surface area (Å²) in [7, 11) is 0. The summed E-state index contributed by atoms with van der Waals surface area (Å²) in [5.74, 6) is 0. The minimum atomic E-state index is -0.0337. The Morgan fingerprint density at radius 2 is 1.34 bits per heavy atom. The molecular weight excluding hydrogens is 386 g/mol. The normalized spacial score (nSPS) is 13.7. The minimum absolute atomic E-state index is 0.0337. The Morgan fingerprint density at radius 3 is 2.16 bits per heavy atom. The summed E-state index contributed by atoms with van der Waals surface area (Å²) in [5.41, 5.74) is 12.4. The lowest BCUT2D eigenvalue weighted by Gasteiger charge is -2.22. The van der Waals surface area contributed by atoms with E-state index in [1.165, 1.54) is 44.3 Å². The Morgan fingerprint density at radius 1 is 0.594 bits per heavy atom. The Bertz CT molecular complexity index is 1490. The summed E-state index contributed by atoms with van der Waals surface area (Å²) in [5, 5.41) is 1.21. The van der Waals surface area contributed by atoms with Gasteiger partial charge in [0.15, 0.2) is 0 Å². The molecule has 0 aliphatic heterocycles. The van der Waals surface area contributed by atoms with E-state index in [0.717, 1.165) is 16.8 Å². The summed E-state index contributed by atoms with van der Waals surface area (Å²) >= 11 is 0. The van der Waals surface area contributed by atoms with Gasteiger partial charge in [-0.05, 0) is 58.5 Å². The van der Waals surface area contributed by atoms with Crippen LogP contribution in [0.2, 0.25) is 0 Å². The zero-order valence-corrected chi connectivity index (χ0v) is 18.7. The topological polar surface area (TPSA) is 12.9 Å². The highest BCUT2D eigenvalue weighted by Gasteiger charge is 2.35. The third-order valence-corrected chi connectivity index (χ3v) is 6.91. The molecule has 0 fully saturated rings. The highest BCUT2D eigenvalue weighted by molar-refractivity contribution is 6.01. The monoisotopic (exact) mass is 411 g/mol. The van der Waals surface area contributed by atoms with Crippen LogP contribution < -0.4 is 0 Å². The zero-order valence-electron chi connectivity index (χ0n) is 18.7. The number of nitrogens with zero attached hydrogens (tertiary/aromatic N) is 1. The van der Waals surface area contributed by atoms with Crippen LogP contribution >= 0.6 is 0 Å². The van der Waals surface area contributed by atoms with Gasteiger partial charge >= 0.3 is 0 Å². The van der Waals surface area contributed by atoms with Crippen molar-refractivity contribution in [3.05, 3.63) is 114 Å².